The van der Waals surface area contributed by atoms with E-state index < -0.39 is 0 Å². The second-order valence-electron chi connectivity index (χ2n) is 7.67. The van der Waals surface area contributed by atoms with Gasteiger partial charge in [0.25, 0.3) is 11.8 Å². The van der Waals surface area contributed by atoms with E-state index in [1.807, 2.05) is 41.3 Å². The molecule has 0 unspecified atom stereocenters. The second kappa shape index (κ2) is 9.34. The summed E-state index contributed by atoms with van der Waals surface area (Å²) in [5.41, 5.74) is 1.10. The maximum atomic E-state index is 13.0. The van der Waals surface area contributed by atoms with Crippen LogP contribution >= 0.6 is 35.2 Å². The molecule has 0 saturated carbocycles. The van der Waals surface area contributed by atoms with Gasteiger partial charge in [0.1, 0.15) is 4.88 Å². The molecular formula is C23H22ClN3O2S2. The molecule has 5 nitrogen and oxygen atoms in total. The minimum atomic E-state index is -0.377. The summed E-state index contributed by atoms with van der Waals surface area (Å²) in [6.07, 6.45) is 2.01. The Bertz CT molecular complexity index is 1150. The summed E-state index contributed by atoms with van der Waals surface area (Å²) >= 11 is 13.1. The molecular weight excluding hydrogens is 450 g/mol. The van der Waals surface area contributed by atoms with Crippen molar-refractivity contribution in [1.29, 1.82) is 0 Å². The molecule has 1 aromatic heterocycles. The first-order valence-corrected chi connectivity index (χ1v) is 11.7. The molecule has 3 aromatic rings. The Labute approximate surface area is 195 Å². The van der Waals surface area contributed by atoms with Gasteiger partial charge in [-0.2, -0.15) is 0 Å². The number of anilines is 1. The number of fused-ring (bicyclic) bond motifs is 1. The van der Waals surface area contributed by atoms with Crippen molar-refractivity contribution in [3.05, 3.63) is 64.0 Å². The fourth-order valence-electron chi connectivity index (χ4n) is 3.63. The molecule has 1 fully saturated rings. The van der Waals surface area contributed by atoms with E-state index in [0.29, 0.717) is 27.1 Å². The largest absolute Gasteiger partial charge is 0.339 e. The summed E-state index contributed by atoms with van der Waals surface area (Å²) in [6.45, 7) is 3.71. The van der Waals surface area contributed by atoms with Crippen LogP contribution in [0.25, 0.3) is 10.1 Å². The zero-order valence-corrected chi connectivity index (χ0v) is 19.4. The number of likely N-dealkylation sites (tertiary alicyclic amines) is 1. The molecule has 2 N–H and O–H groups in total. The van der Waals surface area contributed by atoms with E-state index in [4.69, 9.17) is 23.8 Å². The first kappa shape index (κ1) is 21.7. The van der Waals surface area contributed by atoms with E-state index in [2.05, 4.69) is 17.6 Å². The Balaban J connectivity index is 1.47. The van der Waals surface area contributed by atoms with E-state index in [-0.39, 0.29) is 16.9 Å². The Kier molecular flexibility index (Phi) is 6.55. The molecule has 2 amide bonds. The van der Waals surface area contributed by atoms with Crippen molar-refractivity contribution in [3.8, 4) is 0 Å². The van der Waals surface area contributed by atoms with Crippen LogP contribution in [0.4, 0.5) is 5.69 Å². The first-order chi connectivity index (χ1) is 14.9. The van der Waals surface area contributed by atoms with Crippen molar-refractivity contribution in [2.24, 2.45) is 5.92 Å². The molecule has 2 heterocycles. The lowest BCUT2D eigenvalue weighted by molar-refractivity contribution is 0.0698. The van der Waals surface area contributed by atoms with Crippen LogP contribution in [-0.2, 0) is 0 Å². The van der Waals surface area contributed by atoms with Crippen LogP contribution in [0.1, 0.15) is 39.8 Å². The summed E-state index contributed by atoms with van der Waals surface area (Å²) in [4.78, 5) is 28.1. The van der Waals surface area contributed by atoms with Gasteiger partial charge in [-0.05, 0) is 49.2 Å². The zero-order chi connectivity index (χ0) is 22.0. The Morgan fingerprint density at radius 2 is 1.77 bits per heavy atom. The van der Waals surface area contributed by atoms with Gasteiger partial charge in [0.2, 0.25) is 0 Å². The van der Waals surface area contributed by atoms with E-state index in [9.17, 15) is 9.59 Å². The molecule has 31 heavy (non-hydrogen) atoms. The Hall–Kier alpha value is -2.48. The number of thiophene rings is 1. The average molecular weight is 472 g/mol. The third-order valence-corrected chi connectivity index (χ3v) is 7.32. The van der Waals surface area contributed by atoms with Crippen LogP contribution in [0.15, 0.2) is 48.5 Å². The number of thiocarbonyl (C=S) groups is 1. The molecule has 1 aliphatic heterocycles. The number of nitrogens with zero attached hydrogens (tertiary/aromatic N) is 1. The lowest BCUT2D eigenvalue weighted by atomic mass is 9.98. The van der Waals surface area contributed by atoms with Gasteiger partial charge in [-0.15, -0.1) is 11.3 Å². The third kappa shape index (κ3) is 4.74. The predicted molar refractivity (Wildman–Crippen MR) is 131 cm³/mol. The Morgan fingerprint density at radius 1 is 1.10 bits per heavy atom. The standard InChI is InChI=1S/C23H22ClN3O2S2/c1-14-10-12-27(13-11-14)22(29)15-6-2-4-8-17(15)25-23(30)26-21(28)20-19(24)16-7-3-5-9-18(16)31-20/h2-9,14H,10-13H2,1H3,(H2,25,26,28,30). The smallest absolute Gasteiger partial charge is 0.269 e. The minimum absolute atomic E-state index is 0.0309. The summed E-state index contributed by atoms with van der Waals surface area (Å²) in [5, 5.41) is 7.05. The third-order valence-electron chi connectivity index (χ3n) is 5.44. The van der Waals surface area contributed by atoms with Crippen molar-refractivity contribution >= 4 is 67.9 Å². The number of hydrogen-bond donors (Lipinski definition) is 2. The van der Waals surface area contributed by atoms with Crippen LogP contribution < -0.4 is 10.6 Å². The average Bonchev–Trinajstić information content (AvgIpc) is 3.11. The van der Waals surface area contributed by atoms with Gasteiger partial charge in [0.15, 0.2) is 5.11 Å². The van der Waals surface area contributed by atoms with Gasteiger partial charge in [-0.25, -0.2) is 0 Å². The van der Waals surface area contributed by atoms with Gasteiger partial charge in [0.05, 0.1) is 16.3 Å². The van der Waals surface area contributed by atoms with E-state index in [0.717, 1.165) is 36.0 Å². The summed E-state index contributed by atoms with van der Waals surface area (Å²) in [6, 6.07) is 14.8. The topological polar surface area (TPSA) is 61.4 Å². The number of halogens is 1. The van der Waals surface area contributed by atoms with E-state index in [1.54, 1.807) is 12.1 Å². The lowest BCUT2D eigenvalue weighted by Crippen LogP contribution is -2.39. The number of rotatable bonds is 3. The molecule has 0 aliphatic carbocycles. The molecule has 1 saturated heterocycles. The number of para-hydroxylation sites is 1. The van der Waals surface area contributed by atoms with Gasteiger partial charge in [0, 0.05) is 23.2 Å². The molecule has 4 rings (SSSR count). The van der Waals surface area contributed by atoms with Crippen LogP contribution in [-0.4, -0.2) is 34.9 Å². The number of hydrogen-bond acceptors (Lipinski definition) is 4. The molecule has 1 aliphatic rings. The van der Waals surface area contributed by atoms with Crippen molar-refractivity contribution < 1.29 is 9.59 Å². The summed E-state index contributed by atoms with van der Waals surface area (Å²) < 4.78 is 0.934. The van der Waals surface area contributed by atoms with Gasteiger partial charge >= 0.3 is 0 Å². The van der Waals surface area contributed by atoms with Crippen LogP contribution in [0, 0.1) is 5.92 Å². The normalized spacial score (nSPS) is 14.5. The Morgan fingerprint density at radius 3 is 2.52 bits per heavy atom. The number of piperidine rings is 1. The highest BCUT2D eigenvalue weighted by molar-refractivity contribution is 7.80. The maximum Gasteiger partial charge on any atom is 0.269 e. The highest BCUT2D eigenvalue weighted by atomic mass is 35.5. The van der Waals surface area contributed by atoms with Crippen LogP contribution in [0.2, 0.25) is 5.02 Å². The monoisotopic (exact) mass is 471 g/mol. The molecule has 0 atom stereocenters. The number of carbonyl (C=O) groups excluding carboxylic acids is 2. The highest BCUT2D eigenvalue weighted by Crippen LogP contribution is 2.35. The molecule has 0 radical (unpaired) electrons. The number of benzene rings is 2. The highest BCUT2D eigenvalue weighted by Gasteiger charge is 2.24. The van der Waals surface area contributed by atoms with Gasteiger partial charge in [-0.1, -0.05) is 48.9 Å². The minimum Gasteiger partial charge on any atom is -0.339 e. The number of carbonyl (C=O) groups is 2. The lowest BCUT2D eigenvalue weighted by Gasteiger charge is -2.30. The summed E-state index contributed by atoms with van der Waals surface area (Å²) in [7, 11) is 0. The van der Waals surface area contributed by atoms with Crippen molar-refractivity contribution in [3.63, 3.8) is 0 Å². The maximum absolute atomic E-state index is 13.0. The van der Waals surface area contributed by atoms with Crippen molar-refractivity contribution in [2.75, 3.05) is 18.4 Å². The fraction of sp³-hybridized carbons (Fsp3) is 0.261. The van der Waals surface area contributed by atoms with E-state index >= 15 is 0 Å². The van der Waals surface area contributed by atoms with Gasteiger partial charge in [-0.3, -0.25) is 14.9 Å². The molecule has 8 heteroatoms. The first-order valence-electron chi connectivity index (χ1n) is 10.1. The van der Waals surface area contributed by atoms with E-state index in [1.165, 1.54) is 11.3 Å². The van der Waals surface area contributed by atoms with Crippen molar-refractivity contribution in [2.45, 2.75) is 19.8 Å². The molecule has 2 aromatic carbocycles. The second-order valence-corrected chi connectivity index (χ2v) is 9.51. The van der Waals surface area contributed by atoms with Gasteiger partial charge < -0.3 is 10.2 Å². The summed E-state index contributed by atoms with van der Waals surface area (Å²) in [5.74, 6) is 0.232. The zero-order valence-electron chi connectivity index (χ0n) is 17.0. The van der Waals surface area contributed by atoms with Crippen LogP contribution in [0.3, 0.4) is 0 Å². The van der Waals surface area contributed by atoms with Crippen molar-refractivity contribution in [1.82, 2.24) is 10.2 Å². The molecule has 0 bridgehead atoms. The number of amides is 2. The predicted octanol–water partition coefficient (Wildman–Crippen LogP) is 5.55. The quantitative estimate of drug-likeness (QED) is 0.491. The molecule has 0 spiro atoms. The van der Waals surface area contributed by atoms with Crippen LogP contribution in [0.5, 0.6) is 0 Å². The molecule has 160 valence electrons. The number of nitrogens with one attached hydrogen (secondary N) is 2. The SMILES string of the molecule is CC1CCN(C(=O)c2ccccc2NC(=S)NC(=O)c2sc3ccccc3c2Cl)CC1. The fourth-order valence-corrected chi connectivity index (χ4v) is 5.25.